The normalized spacial score (nSPS) is 10.2. The molecule has 3 aromatic rings. The van der Waals surface area contributed by atoms with Crippen molar-refractivity contribution in [3.05, 3.63) is 83.0 Å². The highest BCUT2D eigenvalue weighted by molar-refractivity contribution is 6.04. The summed E-state index contributed by atoms with van der Waals surface area (Å²) in [6.07, 6.45) is 1.52. The average molecular weight is 375 g/mol. The molecule has 2 N–H and O–H groups in total. The van der Waals surface area contributed by atoms with E-state index in [2.05, 4.69) is 20.4 Å². The highest BCUT2D eigenvalue weighted by atomic mass is 16.5. The number of rotatable bonds is 5. The number of nitrogens with zero attached hydrogens (tertiary/aromatic N) is 1. The van der Waals surface area contributed by atoms with E-state index in [-0.39, 0.29) is 11.9 Å². The topological polar surface area (TPSA) is 80.3 Å². The molecular weight excluding hydrogens is 354 g/mol. The van der Waals surface area contributed by atoms with E-state index < -0.39 is 0 Å². The molecule has 3 rings (SSSR count). The molecule has 1 amide bonds. The van der Waals surface area contributed by atoms with Crippen LogP contribution in [0.4, 0.5) is 17.2 Å². The number of nitrogens with one attached hydrogen (secondary N) is 2. The van der Waals surface area contributed by atoms with E-state index in [1.807, 2.05) is 32.0 Å². The number of hydrogen-bond acceptors (Lipinski definition) is 5. The summed E-state index contributed by atoms with van der Waals surface area (Å²) in [5.74, 6) is -0.00632. The van der Waals surface area contributed by atoms with Gasteiger partial charge in [0.05, 0.1) is 18.2 Å². The molecule has 1 heterocycles. The van der Waals surface area contributed by atoms with Crippen LogP contribution >= 0.6 is 0 Å². The van der Waals surface area contributed by atoms with Crippen molar-refractivity contribution in [1.82, 2.24) is 4.98 Å². The SMILES string of the molecule is COC(=O)c1ccc(Nc2ccc(C(=O)Nc3cccc(C)c3C)cn2)cc1. The second-order valence-corrected chi connectivity index (χ2v) is 6.33. The van der Waals surface area contributed by atoms with Crippen molar-refractivity contribution in [2.45, 2.75) is 13.8 Å². The van der Waals surface area contributed by atoms with Crippen molar-refractivity contribution in [3.63, 3.8) is 0 Å². The van der Waals surface area contributed by atoms with Crippen molar-refractivity contribution in [3.8, 4) is 0 Å². The van der Waals surface area contributed by atoms with Gasteiger partial charge in [0, 0.05) is 17.6 Å². The van der Waals surface area contributed by atoms with Gasteiger partial charge in [0.1, 0.15) is 5.82 Å². The number of anilines is 3. The lowest BCUT2D eigenvalue weighted by atomic mass is 10.1. The highest BCUT2D eigenvalue weighted by Gasteiger charge is 2.10. The second kappa shape index (κ2) is 8.35. The maximum atomic E-state index is 12.5. The van der Waals surface area contributed by atoms with Gasteiger partial charge in [0.25, 0.3) is 5.91 Å². The molecule has 0 aliphatic heterocycles. The quantitative estimate of drug-likeness (QED) is 0.643. The molecule has 0 unspecified atom stereocenters. The Bertz CT molecular complexity index is 997. The van der Waals surface area contributed by atoms with E-state index in [4.69, 9.17) is 0 Å². The number of ether oxygens (including phenoxy) is 1. The molecule has 0 aliphatic rings. The van der Waals surface area contributed by atoms with E-state index in [0.717, 1.165) is 22.5 Å². The molecular formula is C22H21N3O3. The fourth-order valence-corrected chi connectivity index (χ4v) is 2.64. The monoisotopic (exact) mass is 375 g/mol. The van der Waals surface area contributed by atoms with Crippen molar-refractivity contribution < 1.29 is 14.3 Å². The number of benzene rings is 2. The number of carbonyl (C=O) groups is 2. The van der Waals surface area contributed by atoms with Gasteiger partial charge < -0.3 is 15.4 Å². The number of methoxy groups -OCH3 is 1. The van der Waals surface area contributed by atoms with Gasteiger partial charge in [-0.3, -0.25) is 4.79 Å². The van der Waals surface area contributed by atoms with Crippen molar-refractivity contribution in [2.75, 3.05) is 17.7 Å². The van der Waals surface area contributed by atoms with Crippen LogP contribution in [-0.2, 0) is 4.74 Å². The Morgan fingerprint density at radius 3 is 2.29 bits per heavy atom. The van der Waals surface area contributed by atoms with Crippen LogP contribution in [0, 0.1) is 13.8 Å². The zero-order valence-electron chi connectivity index (χ0n) is 15.9. The first kappa shape index (κ1) is 19.1. The van der Waals surface area contributed by atoms with Gasteiger partial charge in [0.2, 0.25) is 0 Å². The van der Waals surface area contributed by atoms with E-state index >= 15 is 0 Å². The molecule has 0 saturated carbocycles. The molecule has 142 valence electrons. The maximum Gasteiger partial charge on any atom is 0.337 e. The minimum Gasteiger partial charge on any atom is -0.465 e. The number of hydrogen-bond donors (Lipinski definition) is 2. The first-order valence-electron chi connectivity index (χ1n) is 8.77. The predicted molar refractivity (Wildman–Crippen MR) is 109 cm³/mol. The smallest absolute Gasteiger partial charge is 0.337 e. The maximum absolute atomic E-state index is 12.5. The van der Waals surface area contributed by atoms with Gasteiger partial charge in [-0.2, -0.15) is 0 Å². The lowest BCUT2D eigenvalue weighted by Gasteiger charge is -2.11. The molecule has 0 saturated heterocycles. The van der Waals surface area contributed by atoms with Gasteiger partial charge in [0.15, 0.2) is 0 Å². The summed E-state index contributed by atoms with van der Waals surface area (Å²) < 4.78 is 4.68. The van der Waals surface area contributed by atoms with Gasteiger partial charge in [-0.15, -0.1) is 0 Å². The number of aryl methyl sites for hydroxylation is 1. The van der Waals surface area contributed by atoms with Crippen LogP contribution in [0.3, 0.4) is 0 Å². The lowest BCUT2D eigenvalue weighted by Crippen LogP contribution is -2.13. The van der Waals surface area contributed by atoms with Crippen LogP contribution in [-0.4, -0.2) is 24.0 Å². The van der Waals surface area contributed by atoms with Crippen molar-refractivity contribution in [2.24, 2.45) is 0 Å². The summed E-state index contributed by atoms with van der Waals surface area (Å²) >= 11 is 0. The number of carbonyl (C=O) groups excluding carboxylic acids is 2. The van der Waals surface area contributed by atoms with Crippen LogP contribution in [0.25, 0.3) is 0 Å². The molecule has 6 nitrogen and oxygen atoms in total. The molecule has 0 radical (unpaired) electrons. The molecule has 0 spiro atoms. The first-order valence-corrected chi connectivity index (χ1v) is 8.77. The fourth-order valence-electron chi connectivity index (χ4n) is 2.64. The van der Waals surface area contributed by atoms with Crippen LogP contribution in [0.15, 0.2) is 60.8 Å². The molecule has 6 heteroatoms. The molecule has 28 heavy (non-hydrogen) atoms. The summed E-state index contributed by atoms with van der Waals surface area (Å²) in [6.45, 7) is 3.98. The van der Waals surface area contributed by atoms with E-state index in [1.54, 1.807) is 36.4 Å². The summed E-state index contributed by atoms with van der Waals surface area (Å²) in [5.41, 5.74) is 4.66. The van der Waals surface area contributed by atoms with Gasteiger partial charge >= 0.3 is 5.97 Å². The number of pyridine rings is 1. The summed E-state index contributed by atoms with van der Waals surface area (Å²) in [6, 6.07) is 16.1. The van der Waals surface area contributed by atoms with Gasteiger partial charge in [-0.05, 0) is 67.4 Å². The number of esters is 1. The van der Waals surface area contributed by atoms with Gasteiger partial charge in [-0.25, -0.2) is 9.78 Å². The van der Waals surface area contributed by atoms with E-state index in [0.29, 0.717) is 16.9 Å². The zero-order chi connectivity index (χ0) is 20.1. The largest absolute Gasteiger partial charge is 0.465 e. The zero-order valence-corrected chi connectivity index (χ0v) is 15.9. The minimum absolute atomic E-state index is 0.213. The lowest BCUT2D eigenvalue weighted by molar-refractivity contribution is 0.0600. The Labute approximate surface area is 163 Å². The Kier molecular flexibility index (Phi) is 5.69. The third kappa shape index (κ3) is 4.35. The van der Waals surface area contributed by atoms with Crippen LogP contribution in [0.1, 0.15) is 31.8 Å². The average Bonchev–Trinajstić information content (AvgIpc) is 2.72. The van der Waals surface area contributed by atoms with Crippen molar-refractivity contribution in [1.29, 1.82) is 0 Å². The van der Waals surface area contributed by atoms with Crippen LogP contribution in [0.5, 0.6) is 0 Å². The Morgan fingerprint density at radius 1 is 0.929 bits per heavy atom. The van der Waals surface area contributed by atoms with E-state index in [9.17, 15) is 9.59 Å². The first-order chi connectivity index (χ1) is 13.5. The number of aromatic nitrogens is 1. The summed E-state index contributed by atoms with van der Waals surface area (Å²) in [5, 5.41) is 6.04. The summed E-state index contributed by atoms with van der Waals surface area (Å²) in [4.78, 5) is 28.2. The predicted octanol–water partition coefficient (Wildman–Crippen LogP) is 4.48. The Balaban J connectivity index is 1.67. The van der Waals surface area contributed by atoms with E-state index in [1.165, 1.54) is 13.3 Å². The molecule has 1 aromatic heterocycles. The molecule has 2 aromatic carbocycles. The summed E-state index contributed by atoms with van der Waals surface area (Å²) in [7, 11) is 1.34. The fraction of sp³-hybridized carbons (Fsp3) is 0.136. The molecule has 0 aliphatic carbocycles. The Morgan fingerprint density at radius 2 is 1.64 bits per heavy atom. The van der Waals surface area contributed by atoms with Crippen LogP contribution < -0.4 is 10.6 Å². The second-order valence-electron chi connectivity index (χ2n) is 6.33. The highest BCUT2D eigenvalue weighted by Crippen LogP contribution is 2.20. The number of amides is 1. The molecule has 0 fully saturated rings. The third-order valence-corrected chi connectivity index (χ3v) is 4.46. The Hall–Kier alpha value is -3.67. The standard InChI is InChI=1S/C22H21N3O3/c1-14-5-4-6-19(15(14)2)25-21(26)17-9-12-20(23-13-17)24-18-10-7-16(8-11-18)22(27)28-3/h4-13H,1-3H3,(H,23,24)(H,25,26). The third-order valence-electron chi connectivity index (χ3n) is 4.46. The molecule has 0 atom stereocenters. The van der Waals surface area contributed by atoms with Gasteiger partial charge in [-0.1, -0.05) is 12.1 Å². The molecule has 0 bridgehead atoms. The van der Waals surface area contributed by atoms with Crippen LogP contribution in [0.2, 0.25) is 0 Å². The van der Waals surface area contributed by atoms with Crippen molar-refractivity contribution >= 4 is 29.1 Å². The minimum atomic E-state index is -0.385.